The van der Waals surface area contributed by atoms with Gasteiger partial charge in [-0.05, 0) is 0 Å². The summed E-state index contributed by atoms with van der Waals surface area (Å²) in [6, 6.07) is -0.601. The SMILES string of the molecule is Cn1c(=O)c2c(nc(OC(=O)Oc3nc4c(c(=O)n(C)c(=O)n4C)n3C)n2C)n(C)c1=O. The number of aryl methyl sites for hydroxylation is 4. The van der Waals surface area contributed by atoms with Crippen LogP contribution in [-0.4, -0.2) is 43.5 Å². The number of fused-ring (bicyclic) bond motifs is 2. The van der Waals surface area contributed by atoms with Crippen molar-refractivity contribution < 1.29 is 14.3 Å². The number of rotatable bonds is 2. The maximum absolute atomic E-state index is 12.4. The number of hydrogen-bond acceptors (Lipinski definition) is 9. The molecule has 4 aromatic rings. The molecule has 0 radical (unpaired) electrons. The van der Waals surface area contributed by atoms with Gasteiger partial charge in [0.05, 0.1) is 0 Å². The fraction of sp³-hybridized carbons (Fsp3) is 0.353. The van der Waals surface area contributed by atoms with Crippen molar-refractivity contribution in [1.82, 2.24) is 37.4 Å². The van der Waals surface area contributed by atoms with Crippen LogP contribution >= 0.6 is 0 Å². The summed E-state index contributed by atoms with van der Waals surface area (Å²) < 4.78 is 16.7. The van der Waals surface area contributed by atoms with Crippen molar-refractivity contribution in [3.05, 3.63) is 41.7 Å². The van der Waals surface area contributed by atoms with Gasteiger partial charge < -0.3 is 9.47 Å². The molecular weight excluding hydrogens is 428 g/mol. The monoisotopic (exact) mass is 446 g/mol. The molecule has 0 aliphatic carbocycles. The summed E-state index contributed by atoms with van der Waals surface area (Å²) in [4.78, 5) is 69.5. The van der Waals surface area contributed by atoms with Crippen LogP contribution in [0.1, 0.15) is 0 Å². The maximum atomic E-state index is 12.4. The number of hydrogen-bond donors (Lipinski definition) is 0. The zero-order chi connectivity index (χ0) is 23.6. The number of aromatic nitrogens is 8. The van der Waals surface area contributed by atoms with Crippen LogP contribution < -0.4 is 32.0 Å². The van der Waals surface area contributed by atoms with E-state index >= 15 is 0 Å². The predicted molar refractivity (Wildman–Crippen MR) is 109 cm³/mol. The smallest absolute Gasteiger partial charge is 0.359 e. The highest BCUT2D eigenvalue weighted by Crippen LogP contribution is 2.18. The van der Waals surface area contributed by atoms with E-state index < -0.39 is 28.7 Å². The lowest BCUT2D eigenvalue weighted by molar-refractivity contribution is 0.141. The van der Waals surface area contributed by atoms with Crippen molar-refractivity contribution in [3.8, 4) is 12.0 Å². The minimum absolute atomic E-state index is 0.0182. The quantitative estimate of drug-likeness (QED) is 0.312. The standard InChI is InChI=1S/C17H18N8O7/c1-20-7-9(22(3)15(28)24(5)11(7)26)18-13(20)31-17(30)32-14-19-10-8(21(14)2)12(27)25(6)16(29)23(10)4/h1-6H3. The summed E-state index contributed by atoms with van der Waals surface area (Å²) in [5.41, 5.74) is -2.31. The van der Waals surface area contributed by atoms with Crippen molar-refractivity contribution in [2.75, 3.05) is 0 Å². The molecule has 15 nitrogen and oxygen atoms in total. The van der Waals surface area contributed by atoms with E-state index in [4.69, 9.17) is 9.47 Å². The molecule has 4 aromatic heterocycles. The first-order valence-corrected chi connectivity index (χ1v) is 9.10. The molecule has 0 bridgehead atoms. The highest BCUT2D eigenvalue weighted by molar-refractivity contribution is 5.75. The Kier molecular flexibility index (Phi) is 4.42. The molecule has 0 atom stereocenters. The Balaban J connectivity index is 1.74. The van der Waals surface area contributed by atoms with Crippen molar-refractivity contribution in [1.29, 1.82) is 0 Å². The number of imidazole rings is 2. The average molecular weight is 446 g/mol. The second-order valence-electron chi connectivity index (χ2n) is 7.12. The van der Waals surface area contributed by atoms with Gasteiger partial charge in [0.1, 0.15) is 0 Å². The van der Waals surface area contributed by atoms with Crippen LogP contribution in [0.15, 0.2) is 19.2 Å². The fourth-order valence-corrected chi connectivity index (χ4v) is 3.35. The van der Waals surface area contributed by atoms with E-state index in [1.54, 1.807) is 0 Å². The van der Waals surface area contributed by atoms with Crippen LogP contribution in [0.5, 0.6) is 12.0 Å². The third kappa shape index (κ3) is 2.70. The molecule has 0 saturated carbocycles. The first kappa shape index (κ1) is 20.8. The first-order chi connectivity index (χ1) is 15.0. The summed E-state index contributed by atoms with van der Waals surface area (Å²) >= 11 is 0. The minimum Gasteiger partial charge on any atom is -0.359 e. The van der Waals surface area contributed by atoms with Crippen LogP contribution in [0, 0.1) is 0 Å². The van der Waals surface area contributed by atoms with Gasteiger partial charge in [0, 0.05) is 42.3 Å². The molecule has 0 aromatic carbocycles. The lowest BCUT2D eigenvalue weighted by atomic mass is 10.5. The van der Waals surface area contributed by atoms with Gasteiger partial charge in [-0.3, -0.25) is 37.0 Å². The maximum Gasteiger partial charge on any atom is 0.524 e. The lowest BCUT2D eigenvalue weighted by Crippen LogP contribution is -2.37. The highest BCUT2D eigenvalue weighted by atomic mass is 16.7. The van der Waals surface area contributed by atoms with Crippen molar-refractivity contribution in [3.63, 3.8) is 0 Å². The zero-order valence-electron chi connectivity index (χ0n) is 17.9. The zero-order valence-corrected chi connectivity index (χ0v) is 17.9. The highest BCUT2D eigenvalue weighted by Gasteiger charge is 2.23. The number of carbonyl (C=O) groups excluding carboxylic acids is 1. The molecule has 0 N–H and O–H groups in total. The summed E-state index contributed by atoms with van der Waals surface area (Å²) in [6.45, 7) is 0. The number of ether oxygens (including phenoxy) is 2. The van der Waals surface area contributed by atoms with Gasteiger partial charge in [0.25, 0.3) is 11.1 Å². The Morgan fingerprint density at radius 2 is 0.938 bits per heavy atom. The Morgan fingerprint density at radius 3 is 1.28 bits per heavy atom. The van der Waals surface area contributed by atoms with Gasteiger partial charge in [0.2, 0.25) is 0 Å². The van der Waals surface area contributed by atoms with Gasteiger partial charge in [-0.25, -0.2) is 14.4 Å². The van der Waals surface area contributed by atoms with Gasteiger partial charge in [-0.15, -0.1) is 0 Å². The molecule has 4 heterocycles. The van der Waals surface area contributed by atoms with Crippen molar-refractivity contribution >= 4 is 28.5 Å². The largest absolute Gasteiger partial charge is 0.524 e. The summed E-state index contributed by atoms with van der Waals surface area (Å²) in [7, 11) is 8.33. The molecule has 4 rings (SSSR count). The van der Waals surface area contributed by atoms with E-state index in [1.807, 2.05) is 0 Å². The molecule has 0 saturated heterocycles. The van der Waals surface area contributed by atoms with E-state index in [1.165, 1.54) is 51.4 Å². The molecule has 15 heteroatoms. The first-order valence-electron chi connectivity index (χ1n) is 9.10. The molecule has 0 amide bonds. The van der Waals surface area contributed by atoms with E-state index in [0.29, 0.717) is 0 Å². The average Bonchev–Trinajstić information content (AvgIpc) is 3.25. The lowest BCUT2D eigenvalue weighted by Gasteiger charge is -2.05. The van der Waals surface area contributed by atoms with E-state index in [0.717, 1.165) is 18.3 Å². The molecule has 0 unspecified atom stereocenters. The van der Waals surface area contributed by atoms with Crippen LogP contribution in [0.4, 0.5) is 4.79 Å². The van der Waals surface area contributed by atoms with Gasteiger partial charge in [-0.2, -0.15) is 9.97 Å². The number of carbonyl (C=O) groups is 1. The minimum atomic E-state index is -1.26. The molecule has 0 fully saturated rings. The van der Waals surface area contributed by atoms with Gasteiger partial charge >= 0.3 is 29.6 Å². The second-order valence-corrected chi connectivity index (χ2v) is 7.12. The fourth-order valence-electron chi connectivity index (χ4n) is 3.35. The topological polar surface area (TPSA) is 159 Å². The molecule has 168 valence electrons. The summed E-state index contributed by atoms with van der Waals surface area (Å²) in [5, 5.41) is 0. The Labute approximate surface area is 176 Å². The Hall–Kier alpha value is -4.43. The second kappa shape index (κ2) is 6.79. The molecule has 0 aliphatic heterocycles. The Bertz CT molecular complexity index is 1570. The van der Waals surface area contributed by atoms with E-state index in [-0.39, 0.29) is 34.3 Å². The summed E-state index contributed by atoms with van der Waals surface area (Å²) in [6.07, 6.45) is -1.26. The van der Waals surface area contributed by atoms with Gasteiger partial charge in [0.15, 0.2) is 22.3 Å². The van der Waals surface area contributed by atoms with Crippen LogP contribution in [0.25, 0.3) is 22.3 Å². The van der Waals surface area contributed by atoms with Crippen molar-refractivity contribution in [2.45, 2.75) is 0 Å². The van der Waals surface area contributed by atoms with Crippen LogP contribution in [-0.2, 0) is 42.3 Å². The van der Waals surface area contributed by atoms with Crippen LogP contribution in [0.2, 0.25) is 0 Å². The van der Waals surface area contributed by atoms with E-state index in [9.17, 15) is 24.0 Å². The van der Waals surface area contributed by atoms with E-state index in [2.05, 4.69) is 9.97 Å². The molecule has 0 aliphatic rings. The Morgan fingerprint density at radius 1 is 0.594 bits per heavy atom. The van der Waals surface area contributed by atoms with Gasteiger partial charge in [-0.1, -0.05) is 0 Å². The molecule has 32 heavy (non-hydrogen) atoms. The number of nitrogens with zero attached hydrogens (tertiary/aromatic N) is 8. The normalized spacial score (nSPS) is 11.4. The molecular formula is C17H18N8O7. The van der Waals surface area contributed by atoms with Crippen molar-refractivity contribution in [2.24, 2.45) is 42.3 Å². The predicted octanol–water partition coefficient (Wildman–Crippen LogP) is -2.17. The molecule has 0 spiro atoms. The van der Waals surface area contributed by atoms with Crippen LogP contribution in [0.3, 0.4) is 0 Å². The summed E-state index contributed by atoms with van der Waals surface area (Å²) in [5.74, 6) is 0. The third-order valence-electron chi connectivity index (χ3n) is 5.22. The third-order valence-corrected chi connectivity index (χ3v) is 5.22.